The van der Waals surface area contributed by atoms with Gasteiger partial charge in [0.2, 0.25) is 5.91 Å². The number of anilines is 2. The van der Waals surface area contributed by atoms with E-state index in [1.54, 1.807) is 19.1 Å². The Bertz CT molecular complexity index is 905. The quantitative estimate of drug-likeness (QED) is 0.382. The van der Waals surface area contributed by atoms with Gasteiger partial charge >= 0.3 is 11.8 Å². The molecule has 0 aliphatic carbocycles. The lowest BCUT2D eigenvalue weighted by Gasteiger charge is -2.09. The van der Waals surface area contributed by atoms with E-state index in [-0.39, 0.29) is 12.3 Å². The van der Waals surface area contributed by atoms with Crippen LogP contribution < -0.4 is 16.1 Å². The highest BCUT2D eigenvalue weighted by molar-refractivity contribution is 6.39. The molecular weight excluding hydrogens is 368 g/mol. The molecule has 3 N–H and O–H groups in total. The lowest BCUT2D eigenvalue weighted by Crippen LogP contribution is -2.33. The van der Waals surface area contributed by atoms with Gasteiger partial charge in [-0.3, -0.25) is 14.4 Å². The van der Waals surface area contributed by atoms with Gasteiger partial charge in [0.15, 0.2) is 0 Å². The van der Waals surface area contributed by atoms with Crippen molar-refractivity contribution in [3.8, 4) is 0 Å². The number of hydrazone groups is 1. The smallest absolute Gasteiger partial charge is 0.326 e. The highest BCUT2D eigenvalue weighted by atomic mass is 16.2. The number of carbonyl (C=O) groups excluding carboxylic acids is 3. The minimum absolute atomic E-state index is 0.00156. The maximum absolute atomic E-state index is 12.2. The van der Waals surface area contributed by atoms with Gasteiger partial charge in [0, 0.05) is 17.1 Å². The van der Waals surface area contributed by atoms with E-state index in [4.69, 9.17) is 0 Å². The fourth-order valence-electron chi connectivity index (χ4n) is 2.63. The number of carbonyl (C=O) groups is 3. The van der Waals surface area contributed by atoms with Crippen molar-refractivity contribution in [1.29, 1.82) is 0 Å². The molecule has 2 aromatic carbocycles. The number of nitrogens with zero attached hydrogens (tertiary/aromatic N) is 1. The molecule has 0 aliphatic heterocycles. The van der Waals surface area contributed by atoms with Gasteiger partial charge in [-0.25, -0.2) is 5.43 Å². The Morgan fingerprint density at radius 1 is 0.862 bits per heavy atom. The molecule has 0 saturated carbocycles. The highest BCUT2D eigenvalue weighted by Crippen LogP contribution is 2.15. The maximum Gasteiger partial charge on any atom is 0.329 e. The Hall–Kier alpha value is -3.48. The van der Waals surface area contributed by atoms with Crippen LogP contribution in [0.1, 0.15) is 38.3 Å². The minimum atomic E-state index is -0.902. The zero-order valence-electron chi connectivity index (χ0n) is 16.9. The predicted octanol–water partition coefficient (Wildman–Crippen LogP) is 3.27. The predicted molar refractivity (Wildman–Crippen MR) is 115 cm³/mol. The fraction of sp³-hybridized carbons (Fsp3) is 0.273. The largest absolute Gasteiger partial charge is 0.329 e. The van der Waals surface area contributed by atoms with Crippen molar-refractivity contribution in [3.05, 3.63) is 59.7 Å². The molecule has 3 amide bonds. The molecule has 0 aliphatic rings. The summed E-state index contributed by atoms with van der Waals surface area (Å²) in [6.07, 6.45) is 1.69. The molecule has 0 unspecified atom stereocenters. The van der Waals surface area contributed by atoms with E-state index < -0.39 is 11.8 Å². The van der Waals surface area contributed by atoms with Crippen LogP contribution in [0.3, 0.4) is 0 Å². The maximum atomic E-state index is 12.2. The molecule has 0 aromatic heterocycles. The van der Waals surface area contributed by atoms with Crippen LogP contribution in [0, 0.1) is 0 Å². The van der Waals surface area contributed by atoms with Crippen molar-refractivity contribution in [2.75, 3.05) is 10.6 Å². The van der Waals surface area contributed by atoms with Crippen molar-refractivity contribution >= 4 is 34.8 Å². The number of rotatable bonds is 7. The number of hydrogen-bond acceptors (Lipinski definition) is 4. The summed E-state index contributed by atoms with van der Waals surface area (Å²) < 4.78 is 0. The summed E-state index contributed by atoms with van der Waals surface area (Å²) in [4.78, 5) is 36.0. The highest BCUT2D eigenvalue weighted by Gasteiger charge is 2.14. The average molecular weight is 394 g/mol. The zero-order chi connectivity index (χ0) is 21.2. The summed E-state index contributed by atoms with van der Waals surface area (Å²) in [6.45, 7) is 5.65. The first kappa shape index (κ1) is 21.8. The third-order valence-electron chi connectivity index (χ3n) is 4.26. The van der Waals surface area contributed by atoms with Crippen LogP contribution in [-0.2, 0) is 27.2 Å². The van der Waals surface area contributed by atoms with Crippen LogP contribution >= 0.6 is 0 Å². The number of nitrogens with one attached hydrogen (secondary N) is 3. The molecule has 2 aromatic rings. The van der Waals surface area contributed by atoms with Crippen molar-refractivity contribution < 1.29 is 14.4 Å². The summed E-state index contributed by atoms with van der Waals surface area (Å²) in [5.41, 5.74) is 6.00. The molecule has 0 spiro atoms. The third-order valence-corrected chi connectivity index (χ3v) is 4.26. The number of benzene rings is 2. The Balaban J connectivity index is 1.85. The molecule has 0 fully saturated rings. The lowest BCUT2D eigenvalue weighted by atomic mass is 10.1. The topological polar surface area (TPSA) is 99.7 Å². The Kier molecular flexibility index (Phi) is 8.09. The van der Waals surface area contributed by atoms with Crippen molar-refractivity contribution in [1.82, 2.24) is 5.43 Å². The van der Waals surface area contributed by atoms with Crippen molar-refractivity contribution in [2.24, 2.45) is 5.10 Å². The van der Waals surface area contributed by atoms with E-state index in [1.807, 2.05) is 50.2 Å². The van der Waals surface area contributed by atoms with Gasteiger partial charge in [0.25, 0.3) is 0 Å². The third kappa shape index (κ3) is 6.88. The standard InChI is InChI=1S/C22H26N4O3/c1-4-16-10-12-18(13-11-16)23-21(28)22(29)26-25-15(3)14-20(27)24-19-9-7-6-8-17(19)5-2/h6-13H,4-5,14H2,1-3H3,(H,23,28)(H,24,27)(H,26,29)/b25-15+. The zero-order valence-corrected chi connectivity index (χ0v) is 16.9. The molecule has 7 nitrogen and oxygen atoms in total. The lowest BCUT2D eigenvalue weighted by molar-refractivity contribution is -0.136. The summed E-state index contributed by atoms with van der Waals surface area (Å²) >= 11 is 0. The van der Waals surface area contributed by atoms with Gasteiger partial charge < -0.3 is 10.6 Å². The summed E-state index contributed by atoms with van der Waals surface area (Å²) in [6, 6.07) is 14.8. The van der Waals surface area contributed by atoms with Crippen molar-refractivity contribution in [2.45, 2.75) is 40.0 Å². The molecule has 152 valence electrons. The van der Waals surface area contributed by atoms with Gasteiger partial charge in [0.1, 0.15) is 0 Å². The molecule has 2 rings (SSSR count). The SMILES string of the molecule is CCc1ccc(NC(=O)C(=O)N/N=C(\C)CC(=O)Nc2ccccc2CC)cc1. The second-order valence-corrected chi connectivity index (χ2v) is 6.53. The van der Waals surface area contributed by atoms with E-state index in [1.165, 1.54) is 0 Å². The normalized spacial score (nSPS) is 10.9. The molecule has 0 atom stereocenters. The van der Waals surface area contributed by atoms with Gasteiger partial charge in [0.05, 0.1) is 6.42 Å². The first-order valence-electron chi connectivity index (χ1n) is 9.54. The Labute approximate surface area is 170 Å². The van der Waals surface area contributed by atoms with Crippen LogP contribution in [0.25, 0.3) is 0 Å². The summed E-state index contributed by atoms with van der Waals surface area (Å²) in [5.74, 6) is -1.98. The number of amides is 3. The monoisotopic (exact) mass is 394 g/mol. The number of hydrogen-bond donors (Lipinski definition) is 3. The first-order chi connectivity index (χ1) is 13.9. The second-order valence-electron chi connectivity index (χ2n) is 6.53. The first-order valence-corrected chi connectivity index (χ1v) is 9.54. The van der Waals surface area contributed by atoms with Crippen LogP contribution in [-0.4, -0.2) is 23.4 Å². The van der Waals surface area contributed by atoms with Crippen LogP contribution in [0.4, 0.5) is 11.4 Å². The van der Waals surface area contributed by atoms with Crippen LogP contribution in [0.15, 0.2) is 53.6 Å². The number of para-hydroxylation sites is 1. The molecule has 0 saturated heterocycles. The molecular formula is C22H26N4O3. The van der Waals surface area contributed by atoms with Crippen LogP contribution in [0.2, 0.25) is 0 Å². The van der Waals surface area contributed by atoms with E-state index in [0.29, 0.717) is 11.4 Å². The van der Waals surface area contributed by atoms with E-state index >= 15 is 0 Å². The molecule has 0 bridgehead atoms. The molecule has 29 heavy (non-hydrogen) atoms. The second kappa shape index (κ2) is 10.8. The fourth-order valence-corrected chi connectivity index (χ4v) is 2.63. The van der Waals surface area contributed by atoms with E-state index in [0.717, 1.165) is 29.7 Å². The minimum Gasteiger partial charge on any atom is -0.326 e. The summed E-state index contributed by atoms with van der Waals surface area (Å²) in [7, 11) is 0. The van der Waals surface area contributed by atoms with Crippen LogP contribution in [0.5, 0.6) is 0 Å². The number of aryl methyl sites for hydroxylation is 2. The van der Waals surface area contributed by atoms with Gasteiger partial charge in [-0.05, 0) is 49.1 Å². The average Bonchev–Trinajstić information content (AvgIpc) is 2.72. The molecule has 7 heteroatoms. The van der Waals surface area contributed by atoms with Crippen molar-refractivity contribution in [3.63, 3.8) is 0 Å². The van der Waals surface area contributed by atoms with Gasteiger partial charge in [-0.2, -0.15) is 5.10 Å². The Morgan fingerprint density at radius 2 is 1.55 bits per heavy atom. The van der Waals surface area contributed by atoms with Gasteiger partial charge in [-0.15, -0.1) is 0 Å². The Morgan fingerprint density at radius 3 is 2.21 bits per heavy atom. The van der Waals surface area contributed by atoms with E-state index in [9.17, 15) is 14.4 Å². The van der Waals surface area contributed by atoms with E-state index in [2.05, 4.69) is 21.2 Å². The summed E-state index contributed by atoms with van der Waals surface area (Å²) in [5, 5.41) is 9.17. The van der Waals surface area contributed by atoms with Gasteiger partial charge in [-0.1, -0.05) is 44.2 Å². The molecule has 0 heterocycles. The molecule has 0 radical (unpaired) electrons.